The van der Waals surface area contributed by atoms with Gasteiger partial charge < -0.3 is 5.73 Å². The van der Waals surface area contributed by atoms with Gasteiger partial charge in [0.15, 0.2) is 0 Å². The maximum atomic E-state index is 6.47. The Kier molecular flexibility index (Phi) is 8.43. The zero-order valence-electron chi connectivity index (χ0n) is 13.7. The fourth-order valence-corrected chi connectivity index (χ4v) is 3.70. The van der Waals surface area contributed by atoms with Gasteiger partial charge in [0.2, 0.25) is 0 Å². The number of thiophene rings is 1. The molecule has 0 saturated heterocycles. The first-order valence-electron chi connectivity index (χ1n) is 8.19. The van der Waals surface area contributed by atoms with Crippen LogP contribution < -0.4 is 5.73 Å². The minimum Gasteiger partial charge on any atom is -0.326 e. The molecule has 0 amide bonds. The summed E-state index contributed by atoms with van der Waals surface area (Å²) in [4.78, 5) is 5.47. The second kappa shape index (κ2) is 9.54. The summed E-state index contributed by atoms with van der Waals surface area (Å²) in [5, 5.41) is 0. The largest absolute Gasteiger partial charge is 0.326 e. The average molecular weight is 297 g/mol. The highest BCUT2D eigenvalue weighted by atomic mass is 32.1. The van der Waals surface area contributed by atoms with Gasteiger partial charge in [0.25, 0.3) is 0 Å². The Morgan fingerprint density at radius 2 is 1.70 bits per heavy atom. The van der Waals surface area contributed by atoms with Gasteiger partial charge in [-0.25, -0.2) is 0 Å². The van der Waals surface area contributed by atoms with E-state index in [0.717, 1.165) is 6.42 Å². The van der Waals surface area contributed by atoms with Gasteiger partial charge in [-0.05, 0) is 51.4 Å². The van der Waals surface area contributed by atoms with Gasteiger partial charge in [0.1, 0.15) is 0 Å². The average Bonchev–Trinajstić information content (AvgIpc) is 2.87. The van der Waals surface area contributed by atoms with Crippen molar-refractivity contribution in [3.8, 4) is 0 Å². The first-order chi connectivity index (χ1) is 9.63. The molecule has 0 radical (unpaired) electrons. The van der Waals surface area contributed by atoms with E-state index in [4.69, 9.17) is 5.73 Å². The van der Waals surface area contributed by atoms with E-state index >= 15 is 0 Å². The van der Waals surface area contributed by atoms with Crippen molar-refractivity contribution in [3.05, 3.63) is 21.9 Å². The summed E-state index contributed by atoms with van der Waals surface area (Å²) >= 11 is 1.91. The van der Waals surface area contributed by atoms with E-state index in [1.165, 1.54) is 48.5 Å². The predicted molar refractivity (Wildman–Crippen MR) is 91.5 cm³/mol. The number of unbranched alkanes of at least 4 members (excludes halogenated alkanes) is 2. The molecule has 2 atom stereocenters. The molecular formula is C17H32N2S. The number of nitrogens with zero attached hydrogens (tertiary/aromatic N) is 1. The van der Waals surface area contributed by atoms with E-state index in [1.807, 2.05) is 11.3 Å². The van der Waals surface area contributed by atoms with Crippen LogP contribution >= 0.6 is 11.3 Å². The number of hydrogen-bond acceptors (Lipinski definition) is 3. The van der Waals surface area contributed by atoms with Gasteiger partial charge in [-0.15, -0.1) is 11.3 Å². The Labute approximate surface area is 129 Å². The van der Waals surface area contributed by atoms with Crippen LogP contribution in [0.15, 0.2) is 12.1 Å². The SMILES string of the molecule is CCCCN(CCCC)C(c1ccc(C)s1)C(N)CC. The Balaban J connectivity index is 2.90. The molecule has 0 spiro atoms. The van der Waals surface area contributed by atoms with E-state index in [1.54, 1.807) is 0 Å². The Hall–Kier alpha value is -0.380. The van der Waals surface area contributed by atoms with Crippen molar-refractivity contribution in [3.63, 3.8) is 0 Å². The second-order valence-electron chi connectivity index (χ2n) is 5.71. The Bertz CT molecular complexity index is 354. The standard InChI is InChI=1S/C17H32N2S/c1-5-8-12-19(13-9-6-2)17(15(18)7-3)16-11-10-14(4)20-16/h10-11,15,17H,5-9,12-13,18H2,1-4H3. The first-order valence-corrected chi connectivity index (χ1v) is 9.01. The lowest BCUT2D eigenvalue weighted by Crippen LogP contribution is -2.41. The normalized spacial score (nSPS) is 14.7. The minimum absolute atomic E-state index is 0.238. The van der Waals surface area contributed by atoms with Crippen LogP contribution in [0.2, 0.25) is 0 Å². The third-order valence-electron chi connectivity index (χ3n) is 3.92. The molecule has 1 rings (SSSR count). The molecule has 0 aliphatic heterocycles. The third-order valence-corrected chi connectivity index (χ3v) is 4.99. The maximum absolute atomic E-state index is 6.47. The van der Waals surface area contributed by atoms with Crippen LogP contribution in [0, 0.1) is 6.92 Å². The van der Waals surface area contributed by atoms with E-state index in [-0.39, 0.29) is 6.04 Å². The zero-order chi connectivity index (χ0) is 15.0. The van der Waals surface area contributed by atoms with Crippen LogP contribution in [0.25, 0.3) is 0 Å². The fraction of sp³-hybridized carbons (Fsp3) is 0.765. The molecule has 0 fully saturated rings. The van der Waals surface area contributed by atoms with E-state index < -0.39 is 0 Å². The predicted octanol–water partition coefficient (Wildman–Crippen LogP) is 4.74. The second-order valence-corrected chi connectivity index (χ2v) is 7.03. The number of hydrogen-bond donors (Lipinski definition) is 1. The van der Waals surface area contributed by atoms with Crippen LogP contribution in [-0.2, 0) is 0 Å². The monoisotopic (exact) mass is 296 g/mol. The quantitative estimate of drug-likeness (QED) is 0.676. The van der Waals surface area contributed by atoms with Crippen molar-refractivity contribution >= 4 is 11.3 Å². The molecule has 2 N–H and O–H groups in total. The van der Waals surface area contributed by atoms with Crippen molar-refractivity contribution in [2.45, 2.75) is 71.9 Å². The third kappa shape index (κ3) is 5.19. The molecule has 0 bridgehead atoms. The molecule has 0 aliphatic rings. The lowest BCUT2D eigenvalue weighted by atomic mass is 10.0. The smallest absolute Gasteiger partial charge is 0.0593 e. The summed E-state index contributed by atoms with van der Waals surface area (Å²) in [6, 6.07) is 5.15. The molecule has 1 aromatic heterocycles. The first kappa shape index (κ1) is 17.7. The Morgan fingerprint density at radius 1 is 1.10 bits per heavy atom. The van der Waals surface area contributed by atoms with Crippen molar-refractivity contribution in [2.24, 2.45) is 5.73 Å². The lowest BCUT2D eigenvalue weighted by Gasteiger charge is -2.35. The number of nitrogens with two attached hydrogens (primary N) is 1. The van der Waals surface area contributed by atoms with E-state index in [2.05, 4.69) is 44.7 Å². The maximum Gasteiger partial charge on any atom is 0.0593 e. The molecule has 0 aromatic carbocycles. The number of aryl methyl sites for hydroxylation is 1. The summed E-state index contributed by atoms with van der Waals surface area (Å²) in [6.07, 6.45) is 6.07. The molecule has 0 saturated carbocycles. The lowest BCUT2D eigenvalue weighted by molar-refractivity contribution is 0.167. The van der Waals surface area contributed by atoms with Crippen molar-refractivity contribution in [1.82, 2.24) is 4.90 Å². The highest BCUT2D eigenvalue weighted by Crippen LogP contribution is 2.31. The van der Waals surface area contributed by atoms with Crippen LogP contribution in [0.1, 0.15) is 68.7 Å². The van der Waals surface area contributed by atoms with Gasteiger partial charge in [-0.3, -0.25) is 4.90 Å². The molecule has 2 unspecified atom stereocenters. The van der Waals surface area contributed by atoms with Crippen molar-refractivity contribution in [2.75, 3.05) is 13.1 Å². The molecule has 2 nitrogen and oxygen atoms in total. The summed E-state index contributed by atoms with van der Waals surface area (Å²) in [5.41, 5.74) is 6.47. The van der Waals surface area contributed by atoms with Crippen LogP contribution in [-0.4, -0.2) is 24.0 Å². The summed E-state index contributed by atoms with van der Waals surface area (Å²) in [7, 11) is 0. The fourth-order valence-electron chi connectivity index (χ4n) is 2.61. The van der Waals surface area contributed by atoms with Crippen LogP contribution in [0.5, 0.6) is 0 Å². The molecule has 1 aromatic rings. The number of rotatable bonds is 10. The summed E-state index contributed by atoms with van der Waals surface area (Å²) in [5.74, 6) is 0. The highest BCUT2D eigenvalue weighted by molar-refractivity contribution is 7.12. The van der Waals surface area contributed by atoms with Gasteiger partial charge in [0, 0.05) is 15.8 Å². The van der Waals surface area contributed by atoms with Gasteiger partial charge >= 0.3 is 0 Å². The van der Waals surface area contributed by atoms with E-state index in [9.17, 15) is 0 Å². The molecule has 0 aliphatic carbocycles. The van der Waals surface area contributed by atoms with Crippen molar-refractivity contribution < 1.29 is 0 Å². The molecule has 20 heavy (non-hydrogen) atoms. The minimum atomic E-state index is 0.238. The molecule has 116 valence electrons. The van der Waals surface area contributed by atoms with E-state index in [0.29, 0.717) is 6.04 Å². The molecule has 1 heterocycles. The van der Waals surface area contributed by atoms with Crippen LogP contribution in [0.3, 0.4) is 0 Å². The zero-order valence-corrected chi connectivity index (χ0v) is 14.5. The molecule has 3 heteroatoms. The van der Waals surface area contributed by atoms with Crippen LogP contribution in [0.4, 0.5) is 0 Å². The van der Waals surface area contributed by atoms with Crippen molar-refractivity contribution in [1.29, 1.82) is 0 Å². The van der Waals surface area contributed by atoms with Gasteiger partial charge in [-0.1, -0.05) is 33.6 Å². The summed E-state index contributed by atoms with van der Waals surface area (Å²) in [6.45, 7) is 11.3. The Morgan fingerprint density at radius 3 is 2.10 bits per heavy atom. The van der Waals surface area contributed by atoms with Gasteiger partial charge in [0.05, 0.1) is 6.04 Å². The topological polar surface area (TPSA) is 29.3 Å². The highest BCUT2D eigenvalue weighted by Gasteiger charge is 2.26. The van der Waals surface area contributed by atoms with Gasteiger partial charge in [-0.2, -0.15) is 0 Å². The molecular weight excluding hydrogens is 264 g/mol. The summed E-state index contributed by atoms with van der Waals surface area (Å²) < 4.78 is 0.